The Morgan fingerprint density at radius 1 is 1.48 bits per heavy atom. The third-order valence-corrected chi connectivity index (χ3v) is 5.82. The first-order valence-electron chi connectivity index (χ1n) is 8.61. The molecule has 1 aliphatic rings. The summed E-state index contributed by atoms with van der Waals surface area (Å²) >= 11 is 1.61. The number of nitrogens with zero attached hydrogens (tertiary/aromatic N) is 3. The molecule has 2 heterocycles. The molecule has 27 heavy (non-hydrogen) atoms. The number of carbonyl (C=O) groups excluding carboxylic acids is 2. The van der Waals surface area contributed by atoms with E-state index in [2.05, 4.69) is 4.98 Å². The van der Waals surface area contributed by atoms with Gasteiger partial charge < -0.3 is 15.4 Å². The van der Waals surface area contributed by atoms with Crippen molar-refractivity contribution in [3.63, 3.8) is 0 Å². The molecule has 1 aliphatic heterocycles. The van der Waals surface area contributed by atoms with Crippen molar-refractivity contribution in [2.45, 2.75) is 29.5 Å². The number of pyridine rings is 1. The SMILES string of the molecule is COc1cc2c(SC3CCCN(C(=O)CC#N)C3)nccc2cc1C(N)=O. The largest absolute Gasteiger partial charge is 0.496 e. The van der Waals surface area contributed by atoms with Crippen molar-refractivity contribution >= 4 is 34.3 Å². The summed E-state index contributed by atoms with van der Waals surface area (Å²) in [5.74, 6) is -0.251. The van der Waals surface area contributed by atoms with E-state index in [0.717, 1.165) is 28.6 Å². The van der Waals surface area contributed by atoms with E-state index in [1.54, 1.807) is 35.0 Å². The Labute approximate surface area is 161 Å². The minimum atomic E-state index is -0.543. The first kappa shape index (κ1) is 19.0. The molecule has 2 N–H and O–H groups in total. The normalized spacial score (nSPS) is 16.7. The number of primary amides is 1. The fraction of sp³-hybridized carbons (Fsp3) is 0.368. The van der Waals surface area contributed by atoms with E-state index in [1.807, 2.05) is 12.1 Å². The molecule has 1 unspecified atom stereocenters. The van der Waals surface area contributed by atoms with Crippen LogP contribution in [0.2, 0.25) is 0 Å². The van der Waals surface area contributed by atoms with Gasteiger partial charge in [-0.3, -0.25) is 9.59 Å². The Morgan fingerprint density at radius 3 is 3.00 bits per heavy atom. The predicted molar refractivity (Wildman–Crippen MR) is 103 cm³/mol. The number of nitriles is 1. The number of likely N-dealkylation sites (tertiary alicyclic amines) is 1. The highest BCUT2D eigenvalue weighted by Gasteiger charge is 2.25. The molecule has 1 atom stereocenters. The number of piperidine rings is 1. The average Bonchev–Trinajstić information content (AvgIpc) is 2.67. The second-order valence-corrected chi connectivity index (χ2v) is 7.60. The number of hydrogen-bond donors (Lipinski definition) is 1. The molecular formula is C19H20N4O3S. The minimum Gasteiger partial charge on any atom is -0.496 e. The Kier molecular flexibility index (Phi) is 5.81. The second-order valence-electron chi connectivity index (χ2n) is 6.31. The number of fused-ring (bicyclic) bond motifs is 1. The van der Waals surface area contributed by atoms with Gasteiger partial charge in [0.25, 0.3) is 5.91 Å². The van der Waals surface area contributed by atoms with Gasteiger partial charge in [-0.2, -0.15) is 5.26 Å². The highest BCUT2D eigenvalue weighted by Crippen LogP contribution is 2.35. The summed E-state index contributed by atoms with van der Waals surface area (Å²) in [4.78, 5) is 29.9. The lowest BCUT2D eigenvalue weighted by atomic mass is 10.1. The highest BCUT2D eigenvalue weighted by atomic mass is 32.2. The topological polar surface area (TPSA) is 109 Å². The zero-order valence-corrected chi connectivity index (χ0v) is 15.8. The van der Waals surface area contributed by atoms with E-state index in [1.165, 1.54) is 7.11 Å². The lowest BCUT2D eigenvalue weighted by molar-refractivity contribution is -0.130. The molecule has 0 bridgehead atoms. The summed E-state index contributed by atoms with van der Waals surface area (Å²) in [6.45, 7) is 1.29. The maximum atomic E-state index is 12.0. The molecule has 0 aliphatic carbocycles. The van der Waals surface area contributed by atoms with Crippen molar-refractivity contribution < 1.29 is 14.3 Å². The molecule has 7 nitrogen and oxygen atoms in total. The van der Waals surface area contributed by atoms with Crippen molar-refractivity contribution in [1.29, 1.82) is 5.26 Å². The molecule has 140 valence electrons. The maximum Gasteiger partial charge on any atom is 0.252 e. The van der Waals surface area contributed by atoms with Gasteiger partial charge in [0.2, 0.25) is 5.91 Å². The van der Waals surface area contributed by atoms with Crippen molar-refractivity contribution in [3.05, 3.63) is 30.0 Å². The van der Waals surface area contributed by atoms with Crippen LogP contribution in [0.1, 0.15) is 29.6 Å². The fourth-order valence-corrected chi connectivity index (χ4v) is 4.51. The Balaban J connectivity index is 1.87. The number of rotatable bonds is 5. The Hall–Kier alpha value is -2.79. The predicted octanol–water partition coefficient (Wildman–Crippen LogP) is 2.34. The standard InChI is InChI=1S/C19H20N4O3S/c1-26-16-10-14-12(9-15(16)18(21)25)5-7-22-19(14)27-13-3-2-8-23(11-13)17(24)4-6-20/h5,7,9-10,13H,2-4,8,11H2,1H3,(H2,21,25). The fourth-order valence-electron chi connectivity index (χ4n) is 3.23. The van der Waals surface area contributed by atoms with Crippen LogP contribution in [0.25, 0.3) is 10.8 Å². The van der Waals surface area contributed by atoms with Crippen LogP contribution in [0.4, 0.5) is 0 Å². The summed E-state index contributed by atoms with van der Waals surface area (Å²) in [6, 6.07) is 7.24. The summed E-state index contributed by atoms with van der Waals surface area (Å²) in [7, 11) is 1.50. The molecular weight excluding hydrogens is 364 g/mol. The van der Waals surface area contributed by atoms with Gasteiger partial charge in [0.15, 0.2) is 0 Å². The number of nitrogens with two attached hydrogens (primary N) is 1. The average molecular weight is 384 g/mol. The molecule has 1 saturated heterocycles. The zero-order valence-electron chi connectivity index (χ0n) is 15.0. The molecule has 2 amide bonds. The first-order valence-corrected chi connectivity index (χ1v) is 9.49. The number of aromatic nitrogens is 1. The van der Waals surface area contributed by atoms with E-state index in [4.69, 9.17) is 15.7 Å². The monoisotopic (exact) mass is 384 g/mol. The molecule has 1 aromatic heterocycles. The van der Waals surface area contributed by atoms with Crippen molar-refractivity contribution in [2.24, 2.45) is 5.73 Å². The van der Waals surface area contributed by atoms with Crippen LogP contribution >= 0.6 is 11.8 Å². The van der Waals surface area contributed by atoms with E-state index in [-0.39, 0.29) is 17.6 Å². The van der Waals surface area contributed by atoms with Crippen LogP contribution in [0.3, 0.4) is 0 Å². The third-order valence-electron chi connectivity index (χ3n) is 4.55. The van der Waals surface area contributed by atoms with Crippen LogP contribution < -0.4 is 10.5 Å². The molecule has 0 spiro atoms. The quantitative estimate of drug-likeness (QED) is 0.847. The molecule has 8 heteroatoms. The second kappa shape index (κ2) is 8.27. The number of ether oxygens (including phenoxy) is 1. The number of carbonyl (C=O) groups is 2. The van der Waals surface area contributed by atoms with Gasteiger partial charge in [0, 0.05) is 29.9 Å². The molecule has 2 aromatic rings. The van der Waals surface area contributed by atoms with E-state index < -0.39 is 5.91 Å². The van der Waals surface area contributed by atoms with Gasteiger partial charge in [0.05, 0.1) is 18.7 Å². The minimum absolute atomic E-state index is 0.0863. The van der Waals surface area contributed by atoms with Crippen molar-refractivity contribution in [1.82, 2.24) is 9.88 Å². The van der Waals surface area contributed by atoms with Gasteiger partial charge in [-0.15, -0.1) is 11.8 Å². The van der Waals surface area contributed by atoms with E-state index in [0.29, 0.717) is 24.4 Å². The maximum absolute atomic E-state index is 12.0. The first-order chi connectivity index (χ1) is 13.0. The molecule has 3 rings (SSSR count). The summed E-state index contributed by atoms with van der Waals surface area (Å²) in [5, 5.41) is 11.5. The molecule has 1 aromatic carbocycles. The van der Waals surface area contributed by atoms with Crippen LogP contribution in [-0.4, -0.2) is 47.1 Å². The lowest BCUT2D eigenvalue weighted by Crippen LogP contribution is -2.40. The number of benzene rings is 1. The van der Waals surface area contributed by atoms with Crippen LogP contribution in [-0.2, 0) is 4.79 Å². The van der Waals surface area contributed by atoms with Crippen LogP contribution in [0.5, 0.6) is 5.75 Å². The van der Waals surface area contributed by atoms with Gasteiger partial charge in [-0.05, 0) is 36.4 Å². The number of methoxy groups -OCH3 is 1. The third kappa shape index (κ3) is 4.14. The number of hydrogen-bond acceptors (Lipinski definition) is 6. The van der Waals surface area contributed by atoms with Crippen molar-refractivity contribution in [2.75, 3.05) is 20.2 Å². The Bertz CT molecular complexity index is 925. The van der Waals surface area contributed by atoms with Gasteiger partial charge in [0.1, 0.15) is 17.2 Å². The van der Waals surface area contributed by atoms with Crippen LogP contribution in [0.15, 0.2) is 29.4 Å². The zero-order chi connectivity index (χ0) is 19.4. The summed E-state index contributed by atoms with van der Waals surface area (Å²) in [5.41, 5.74) is 5.77. The molecule has 1 fully saturated rings. The molecule has 0 radical (unpaired) electrons. The summed E-state index contributed by atoms with van der Waals surface area (Å²) in [6.07, 6.45) is 3.48. The highest BCUT2D eigenvalue weighted by molar-refractivity contribution is 8.00. The molecule has 0 saturated carbocycles. The van der Waals surface area contributed by atoms with Gasteiger partial charge in [-0.25, -0.2) is 4.98 Å². The lowest BCUT2D eigenvalue weighted by Gasteiger charge is -2.32. The smallest absolute Gasteiger partial charge is 0.252 e. The Morgan fingerprint density at radius 2 is 2.30 bits per heavy atom. The van der Waals surface area contributed by atoms with Gasteiger partial charge >= 0.3 is 0 Å². The van der Waals surface area contributed by atoms with Crippen LogP contribution in [0, 0.1) is 11.3 Å². The van der Waals surface area contributed by atoms with E-state index >= 15 is 0 Å². The number of amides is 2. The van der Waals surface area contributed by atoms with Crippen molar-refractivity contribution in [3.8, 4) is 11.8 Å². The number of thioether (sulfide) groups is 1. The van der Waals surface area contributed by atoms with Gasteiger partial charge in [-0.1, -0.05) is 0 Å². The van der Waals surface area contributed by atoms with E-state index in [9.17, 15) is 9.59 Å². The summed E-state index contributed by atoms with van der Waals surface area (Å²) < 4.78 is 5.31.